The molecule has 1 aromatic heterocycles. The summed E-state index contributed by atoms with van der Waals surface area (Å²) >= 11 is 0. The molecule has 170 valence electrons. The molecular weight excluding hydrogens is 426 g/mol. The number of nitrogens with zero attached hydrogens (tertiary/aromatic N) is 3. The van der Waals surface area contributed by atoms with Gasteiger partial charge < -0.3 is 25.4 Å². The highest BCUT2D eigenvalue weighted by molar-refractivity contribution is 6.04. The van der Waals surface area contributed by atoms with Gasteiger partial charge in [-0.05, 0) is 42.5 Å². The first-order valence-electron chi connectivity index (χ1n) is 10.2. The first kappa shape index (κ1) is 21.9. The van der Waals surface area contributed by atoms with Gasteiger partial charge in [-0.2, -0.15) is 5.10 Å². The third-order valence-electron chi connectivity index (χ3n) is 5.41. The van der Waals surface area contributed by atoms with Crippen molar-refractivity contribution in [1.82, 2.24) is 9.78 Å². The third-order valence-corrected chi connectivity index (χ3v) is 5.41. The molecule has 0 spiro atoms. The summed E-state index contributed by atoms with van der Waals surface area (Å²) in [5, 5.41) is 6.95. The monoisotopic (exact) mass is 449 g/mol. The molecule has 10 nitrogen and oxygen atoms in total. The number of benzene rings is 2. The number of hydrogen-bond acceptors (Lipinski definition) is 6. The minimum atomic E-state index is -0.606. The molecule has 3 aromatic rings. The molecule has 10 heteroatoms. The Labute approximate surface area is 189 Å². The van der Waals surface area contributed by atoms with Crippen molar-refractivity contribution in [2.24, 2.45) is 11.7 Å². The molecule has 4 rings (SSSR count). The van der Waals surface area contributed by atoms with Gasteiger partial charge in [0.1, 0.15) is 17.2 Å². The fraction of sp³-hybridized carbons (Fsp3) is 0.217. The van der Waals surface area contributed by atoms with Gasteiger partial charge in [-0.1, -0.05) is 0 Å². The Morgan fingerprint density at radius 3 is 2.48 bits per heavy atom. The van der Waals surface area contributed by atoms with E-state index in [9.17, 15) is 14.4 Å². The van der Waals surface area contributed by atoms with E-state index in [2.05, 4.69) is 10.4 Å². The molecule has 1 fully saturated rings. The second kappa shape index (κ2) is 9.03. The van der Waals surface area contributed by atoms with Crippen LogP contribution in [0.5, 0.6) is 11.5 Å². The third kappa shape index (κ3) is 4.49. The summed E-state index contributed by atoms with van der Waals surface area (Å²) in [5.74, 6) is -0.407. The molecule has 1 saturated heterocycles. The van der Waals surface area contributed by atoms with Crippen molar-refractivity contribution in [2.45, 2.75) is 6.42 Å². The van der Waals surface area contributed by atoms with Crippen molar-refractivity contribution in [1.29, 1.82) is 0 Å². The van der Waals surface area contributed by atoms with Crippen LogP contribution in [0.25, 0.3) is 5.69 Å². The van der Waals surface area contributed by atoms with E-state index in [-0.39, 0.29) is 30.5 Å². The largest absolute Gasteiger partial charge is 0.497 e. The molecule has 2 heterocycles. The molecule has 0 aliphatic carbocycles. The lowest BCUT2D eigenvalue weighted by Crippen LogP contribution is -2.28. The van der Waals surface area contributed by atoms with E-state index in [0.717, 1.165) is 0 Å². The van der Waals surface area contributed by atoms with Crippen molar-refractivity contribution >= 4 is 29.1 Å². The molecule has 33 heavy (non-hydrogen) atoms. The van der Waals surface area contributed by atoms with Gasteiger partial charge in [0.25, 0.3) is 5.91 Å². The summed E-state index contributed by atoms with van der Waals surface area (Å²) in [7, 11) is 3.07. The maximum absolute atomic E-state index is 12.8. The van der Waals surface area contributed by atoms with E-state index in [1.165, 1.54) is 17.9 Å². The average Bonchev–Trinajstić information content (AvgIpc) is 3.46. The van der Waals surface area contributed by atoms with Crippen LogP contribution in [0.15, 0.2) is 54.7 Å². The number of amides is 3. The number of rotatable bonds is 7. The zero-order chi connectivity index (χ0) is 23.5. The normalized spacial score (nSPS) is 15.4. The summed E-state index contributed by atoms with van der Waals surface area (Å²) < 4.78 is 12.1. The number of primary amides is 1. The van der Waals surface area contributed by atoms with Crippen LogP contribution < -0.4 is 25.4 Å². The van der Waals surface area contributed by atoms with Crippen molar-refractivity contribution in [2.75, 3.05) is 31.0 Å². The Hall–Kier alpha value is -4.34. The van der Waals surface area contributed by atoms with E-state index in [0.29, 0.717) is 28.6 Å². The van der Waals surface area contributed by atoms with Gasteiger partial charge in [-0.3, -0.25) is 14.4 Å². The topological polar surface area (TPSA) is 129 Å². The highest BCUT2D eigenvalue weighted by Crippen LogP contribution is 2.36. The lowest BCUT2D eigenvalue weighted by molar-refractivity contribution is -0.122. The second-order valence-electron chi connectivity index (χ2n) is 7.49. The number of carbonyl (C=O) groups excluding carboxylic acids is 3. The number of hydrogen-bond donors (Lipinski definition) is 2. The number of carbonyl (C=O) groups is 3. The lowest BCUT2D eigenvalue weighted by atomic mass is 10.1. The van der Waals surface area contributed by atoms with Crippen molar-refractivity contribution < 1.29 is 23.9 Å². The van der Waals surface area contributed by atoms with E-state index < -0.39 is 11.8 Å². The maximum Gasteiger partial charge on any atom is 0.269 e. The SMILES string of the molecule is COc1ccc(N2CC(C(=O)Nc3ccc(-n4ccc(C(N)=O)n4)cc3)CC2=O)c(OC)c1. The number of methoxy groups -OCH3 is 2. The highest BCUT2D eigenvalue weighted by Gasteiger charge is 2.36. The van der Waals surface area contributed by atoms with Gasteiger partial charge in [0.2, 0.25) is 11.8 Å². The van der Waals surface area contributed by atoms with Crippen LogP contribution in [0.2, 0.25) is 0 Å². The summed E-state index contributed by atoms with van der Waals surface area (Å²) in [5.41, 5.74) is 7.27. The Kier molecular flexibility index (Phi) is 5.99. The lowest BCUT2D eigenvalue weighted by Gasteiger charge is -2.20. The second-order valence-corrected chi connectivity index (χ2v) is 7.49. The van der Waals surface area contributed by atoms with Crippen molar-refractivity contribution in [3.05, 3.63) is 60.4 Å². The summed E-state index contributed by atoms with van der Waals surface area (Å²) in [6.07, 6.45) is 1.72. The smallest absolute Gasteiger partial charge is 0.269 e. The van der Waals surface area contributed by atoms with Crippen LogP contribution in [0.1, 0.15) is 16.9 Å². The number of anilines is 2. The molecule has 0 bridgehead atoms. The average molecular weight is 449 g/mol. The summed E-state index contributed by atoms with van der Waals surface area (Å²) in [4.78, 5) is 38.2. The molecule has 0 saturated carbocycles. The number of nitrogens with two attached hydrogens (primary N) is 1. The van der Waals surface area contributed by atoms with E-state index in [4.69, 9.17) is 15.2 Å². The first-order valence-corrected chi connectivity index (χ1v) is 10.2. The van der Waals surface area contributed by atoms with Gasteiger partial charge in [0.15, 0.2) is 0 Å². The summed E-state index contributed by atoms with van der Waals surface area (Å²) in [6.45, 7) is 0.245. The Balaban J connectivity index is 1.43. The number of aromatic nitrogens is 2. The van der Waals surface area contributed by atoms with Crippen LogP contribution in [-0.4, -0.2) is 48.3 Å². The van der Waals surface area contributed by atoms with Crippen LogP contribution >= 0.6 is 0 Å². The molecule has 3 amide bonds. The summed E-state index contributed by atoms with van der Waals surface area (Å²) in [6, 6.07) is 13.7. The number of ether oxygens (including phenoxy) is 2. The first-order chi connectivity index (χ1) is 15.9. The minimum Gasteiger partial charge on any atom is -0.497 e. The molecule has 1 unspecified atom stereocenters. The zero-order valence-corrected chi connectivity index (χ0v) is 18.1. The van der Waals surface area contributed by atoms with Crippen LogP contribution in [-0.2, 0) is 9.59 Å². The van der Waals surface area contributed by atoms with Crippen LogP contribution in [0.4, 0.5) is 11.4 Å². The molecule has 1 atom stereocenters. The van der Waals surface area contributed by atoms with Gasteiger partial charge >= 0.3 is 0 Å². The minimum absolute atomic E-state index is 0.0995. The maximum atomic E-state index is 12.8. The molecular formula is C23H23N5O5. The van der Waals surface area contributed by atoms with Crippen molar-refractivity contribution in [3.8, 4) is 17.2 Å². The fourth-order valence-electron chi connectivity index (χ4n) is 3.66. The van der Waals surface area contributed by atoms with E-state index >= 15 is 0 Å². The molecule has 2 aromatic carbocycles. The Morgan fingerprint density at radius 1 is 1.09 bits per heavy atom. The van der Waals surface area contributed by atoms with Gasteiger partial charge in [0, 0.05) is 30.9 Å². The predicted octanol–water partition coefficient (Wildman–Crippen LogP) is 1.98. The fourth-order valence-corrected chi connectivity index (χ4v) is 3.66. The quantitative estimate of drug-likeness (QED) is 0.568. The van der Waals surface area contributed by atoms with Gasteiger partial charge in [0.05, 0.1) is 31.5 Å². The van der Waals surface area contributed by atoms with E-state index in [1.807, 2.05) is 0 Å². The van der Waals surface area contributed by atoms with Crippen molar-refractivity contribution in [3.63, 3.8) is 0 Å². The van der Waals surface area contributed by atoms with Gasteiger partial charge in [-0.25, -0.2) is 4.68 Å². The van der Waals surface area contributed by atoms with Gasteiger partial charge in [-0.15, -0.1) is 0 Å². The van der Waals surface area contributed by atoms with E-state index in [1.54, 1.807) is 60.7 Å². The molecule has 1 aliphatic heterocycles. The predicted molar refractivity (Wildman–Crippen MR) is 121 cm³/mol. The Morgan fingerprint density at radius 2 is 1.85 bits per heavy atom. The molecule has 0 radical (unpaired) electrons. The highest BCUT2D eigenvalue weighted by atomic mass is 16.5. The Bertz CT molecular complexity index is 1200. The molecule has 3 N–H and O–H groups in total. The molecule has 1 aliphatic rings. The van der Waals surface area contributed by atoms with Crippen LogP contribution in [0, 0.1) is 5.92 Å². The number of nitrogens with one attached hydrogen (secondary N) is 1. The standard InChI is InChI=1S/C23H23N5O5/c1-32-17-7-8-19(20(12-17)33-2)27-13-14(11-21(27)29)23(31)25-15-3-5-16(6-4-15)28-10-9-18(26-28)22(24)30/h3-10,12,14H,11,13H2,1-2H3,(H2,24,30)(H,25,31). The zero-order valence-electron chi connectivity index (χ0n) is 18.1. The van der Waals surface area contributed by atoms with Crippen LogP contribution in [0.3, 0.4) is 0 Å².